The molecule has 1 aliphatic rings. The maximum Gasteiger partial charge on any atom is 0.150 e. The Morgan fingerprint density at radius 2 is 2.00 bits per heavy atom. The smallest absolute Gasteiger partial charge is 0.150 e. The number of fused-ring (bicyclic) bond motifs is 1. The average Bonchev–Trinajstić information content (AvgIpc) is 2.63. The summed E-state index contributed by atoms with van der Waals surface area (Å²) in [6, 6.07) is 8.71. The minimum Gasteiger partial charge on any atom is -0.394 e. The number of nitrogens with zero attached hydrogens (tertiary/aromatic N) is 3. The second-order valence-electron chi connectivity index (χ2n) is 5.45. The third-order valence-corrected chi connectivity index (χ3v) is 4.12. The molecule has 4 nitrogen and oxygen atoms in total. The van der Waals surface area contributed by atoms with Crippen molar-refractivity contribution in [2.75, 3.05) is 17.2 Å². The Labute approximate surface area is 120 Å². The summed E-state index contributed by atoms with van der Waals surface area (Å²) < 4.78 is 1.93. The van der Waals surface area contributed by atoms with E-state index in [9.17, 15) is 0 Å². The van der Waals surface area contributed by atoms with E-state index in [0.717, 1.165) is 49.6 Å². The summed E-state index contributed by atoms with van der Waals surface area (Å²) in [7, 11) is 1.99. The molecule has 1 aliphatic heterocycles. The van der Waals surface area contributed by atoms with Gasteiger partial charge in [-0.15, -0.1) is 0 Å². The van der Waals surface area contributed by atoms with Gasteiger partial charge in [0.2, 0.25) is 0 Å². The first-order chi connectivity index (χ1) is 9.70. The second kappa shape index (κ2) is 5.19. The molecule has 0 aliphatic carbocycles. The van der Waals surface area contributed by atoms with Gasteiger partial charge in [-0.1, -0.05) is 31.2 Å². The Balaban J connectivity index is 1.97. The lowest BCUT2D eigenvalue weighted by atomic mass is 10.0. The number of hydrogen-bond donors (Lipinski definition) is 1. The lowest BCUT2D eigenvalue weighted by molar-refractivity contribution is 0.685. The molecule has 0 saturated carbocycles. The number of aryl methyl sites for hydroxylation is 3. The van der Waals surface area contributed by atoms with Crippen LogP contribution in [0, 0.1) is 0 Å². The molecule has 1 aromatic carbocycles. The van der Waals surface area contributed by atoms with Crippen LogP contribution in [-0.2, 0) is 26.4 Å². The molecule has 0 bridgehead atoms. The van der Waals surface area contributed by atoms with Gasteiger partial charge >= 0.3 is 0 Å². The van der Waals surface area contributed by atoms with Crippen molar-refractivity contribution in [1.29, 1.82) is 0 Å². The number of aromatic nitrogens is 2. The lowest BCUT2D eigenvalue weighted by Gasteiger charge is -2.23. The van der Waals surface area contributed by atoms with Gasteiger partial charge in [-0.25, -0.2) is 0 Å². The van der Waals surface area contributed by atoms with Gasteiger partial charge in [-0.3, -0.25) is 4.68 Å². The molecule has 0 unspecified atom stereocenters. The van der Waals surface area contributed by atoms with Crippen molar-refractivity contribution in [3.63, 3.8) is 0 Å². The molecular formula is C16H22N4. The molecule has 3 rings (SSSR count). The van der Waals surface area contributed by atoms with E-state index in [-0.39, 0.29) is 0 Å². The molecule has 1 aromatic heterocycles. The zero-order valence-corrected chi connectivity index (χ0v) is 12.3. The first-order valence-corrected chi connectivity index (χ1v) is 7.33. The zero-order valence-electron chi connectivity index (χ0n) is 12.3. The van der Waals surface area contributed by atoms with Crippen LogP contribution in [-0.4, -0.2) is 16.3 Å². The van der Waals surface area contributed by atoms with E-state index in [1.807, 2.05) is 11.7 Å². The third-order valence-electron chi connectivity index (χ3n) is 4.12. The number of hydrogen-bond acceptors (Lipinski definition) is 3. The second-order valence-corrected chi connectivity index (χ2v) is 5.45. The van der Waals surface area contributed by atoms with Crippen molar-refractivity contribution in [2.45, 2.75) is 32.7 Å². The largest absolute Gasteiger partial charge is 0.394 e. The van der Waals surface area contributed by atoms with Gasteiger partial charge < -0.3 is 10.6 Å². The van der Waals surface area contributed by atoms with Crippen LogP contribution in [0.5, 0.6) is 0 Å². The molecular weight excluding hydrogens is 248 g/mol. The number of nitrogens with two attached hydrogens (primary N) is 1. The molecule has 2 heterocycles. The predicted molar refractivity (Wildman–Crippen MR) is 82.8 cm³/mol. The van der Waals surface area contributed by atoms with Gasteiger partial charge in [0.15, 0.2) is 5.82 Å². The molecule has 0 radical (unpaired) electrons. The summed E-state index contributed by atoms with van der Waals surface area (Å²) in [5.74, 6) is 1.07. The van der Waals surface area contributed by atoms with Crippen LogP contribution in [0.4, 0.5) is 11.5 Å². The maximum atomic E-state index is 6.29. The molecule has 106 valence electrons. The fourth-order valence-corrected chi connectivity index (χ4v) is 3.10. The van der Waals surface area contributed by atoms with E-state index in [2.05, 4.69) is 41.2 Å². The van der Waals surface area contributed by atoms with Crippen LogP contribution >= 0.6 is 0 Å². The van der Waals surface area contributed by atoms with Crippen LogP contribution in [0.1, 0.15) is 30.2 Å². The summed E-state index contributed by atoms with van der Waals surface area (Å²) in [5.41, 5.74) is 11.0. The van der Waals surface area contributed by atoms with Gasteiger partial charge in [-0.05, 0) is 30.4 Å². The van der Waals surface area contributed by atoms with E-state index in [4.69, 9.17) is 5.73 Å². The molecule has 0 fully saturated rings. The lowest BCUT2D eigenvalue weighted by Crippen LogP contribution is -2.25. The first kappa shape index (κ1) is 13.0. The van der Waals surface area contributed by atoms with Crippen molar-refractivity contribution in [1.82, 2.24) is 9.78 Å². The first-order valence-electron chi connectivity index (χ1n) is 7.33. The molecule has 4 heteroatoms. The highest BCUT2D eigenvalue weighted by atomic mass is 15.4. The highest BCUT2D eigenvalue weighted by Gasteiger charge is 2.21. The molecule has 0 saturated heterocycles. The molecule has 0 spiro atoms. The van der Waals surface area contributed by atoms with E-state index >= 15 is 0 Å². The summed E-state index contributed by atoms with van der Waals surface area (Å²) in [4.78, 5) is 2.37. The van der Waals surface area contributed by atoms with Crippen molar-refractivity contribution in [2.24, 2.45) is 7.05 Å². The van der Waals surface area contributed by atoms with Crippen LogP contribution in [0.2, 0.25) is 0 Å². The van der Waals surface area contributed by atoms with E-state index in [1.54, 1.807) is 0 Å². The van der Waals surface area contributed by atoms with Gasteiger partial charge in [-0.2, -0.15) is 5.10 Å². The van der Waals surface area contributed by atoms with Crippen molar-refractivity contribution in [3.8, 4) is 0 Å². The Bertz CT molecular complexity index is 615. The van der Waals surface area contributed by atoms with Crippen LogP contribution in [0.25, 0.3) is 0 Å². The minimum absolute atomic E-state index is 0.842. The third kappa shape index (κ3) is 2.15. The van der Waals surface area contributed by atoms with Crippen molar-refractivity contribution < 1.29 is 0 Å². The average molecular weight is 270 g/mol. The fourth-order valence-electron chi connectivity index (χ4n) is 3.10. The molecule has 0 atom stereocenters. The number of benzene rings is 1. The minimum atomic E-state index is 0.842. The van der Waals surface area contributed by atoms with Gasteiger partial charge in [0, 0.05) is 20.1 Å². The quantitative estimate of drug-likeness (QED) is 0.912. The monoisotopic (exact) mass is 270 g/mol. The van der Waals surface area contributed by atoms with Crippen LogP contribution in [0.15, 0.2) is 24.3 Å². The summed E-state index contributed by atoms with van der Waals surface area (Å²) >= 11 is 0. The molecule has 2 N–H and O–H groups in total. The molecule has 20 heavy (non-hydrogen) atoms. The van der Waals surface area contributed by atoms with Crippen molar-refractivity contribution in [3.05, 3.63) is 41.1 Å². The fraction of sp³-hybridized carbons (Fsp3) is 0.438. The summed E-state index contributed by atoms with van der Waals surface area (Å²) in [5, 5.41) is 4.54. The van der Waals surface area contributed by atoms with Gasteiger partial charge in [0.25, 0.3) is 0 Å². The Kier molecular flexibility index (Phi) is 3.38. The standard InChI is InChI=1S/C16H22N4/c1-3-14-15(17)16(19(2)18-14)20-10-6-9-12-7-4-5-8-13(12)11-20/h4-5,7-8H,3,6,9-11,17H2,1-2H3. The molecule has 2 aromatic rings. The molecule has 0 amide bonds. The van der Waals surface area contributed by atoms with E-state index < -0.39 is 0 Å². The van der Waals surface area contributed by atoms with Crippen LogP contribution < -0.4 is 10.6 Å². The predicted octanol–water partition coefficient (Wildman–Crippen LogP) is 2.52. The van der Waals surface area contributed by atoms with E-state index in [0.29, 0.717) is 0 Å². The summed E-state index contributed by atoms with van der Waals surface area (Å²) in [6.07, 6.45) is 3.18. The maximum absolute atomic E-state index is 6.29. The highest BCUT2D eigenvalue weighted by molar-refractivity contribution is 5.66. The summed E-state index contributed by atoms with van der Waals surface area (Å²) in [6.45, 7) is 4.05. The Hall–Kier alpha value is -1.97. The zero-order chi connectivity index (χ0) is 14.1. The van der Waals surface area contributed by atoms with E-state index in [1.165, 1.54) is 11.1 Å². The highest BCUT2D eigenvalue weighted by Crippen LogP contribution is 2.30. The Morgan fingerprint density at radius 1 is 1.25 bits per heavy atom. The van der Waals surface area contributed by atoms with Gasteiger partial charge in [0.05, 0.1) is 11.4 Å². The topological polar surface area (TPSA) is 47.1 Å². The van der Waals surface area contributed by atoms with Crippen LogP contribution in [0.3, 0.4) is 0 Å². The van der Waals surface area contributed by atoms with Crippen molar-refractivity contribution >= 4 is 11.5 Å². The van der Waals surface area contributed by atoms with Gasteiger partial charge in [0.1, 0.15) is 0 Å². The number of anilines is 2. The number of rotatable bonds is 2. The SMILES string of the molecule is CCc1nn(C)c(N2CCCc3ccccc3C2)c1N. The normalized spacial score (nSPS) is 15.0. The Morgan fingerprint density at radius 3 is 2.70 bits per heavy atom. The number of nitrogen functional groups attached to an aromatic ring is 1.